The number of alkyl halides is 3. The average molecular weight is 270 g/mol. The molecule has 0 aromatic heterocycles. The number of hydrogen-bond donors (Lipinski definition) is 0. The molecule has 2 fully saturated rings. The summed E-state index contributed by atoms with van der Waals surface area (Å²) < 4.78 is 63.6. The summed E-state index contributed by atoms with van der Waals surface area (Å²) in [5.74, 6) is 0.320. The van der Waals surface area contributed by atoms with Crippen molar-refractivity contribution in [1.82, 2.24) is 0 Å². The minimum absolute atomic E-state index is 0.320. The van der Waals surface area contributed by atoms with Crippen LogP contribution in [0, 0.1) is 0 Å². The lowest BCUT2D eigenvalue weighted by molar-refractivity contribution is -0.0617. The summed E-state index contributed by atoms with van der Waals surface area (Å²) in [6.45, 7) is 0. The van der Waals surface area contributed by atoms with Gasteiger partial charge in [0.1, 0.15) is 0 Å². The van der Waals surface area contributed by atoms with E-state index >= 15 is 0 Å². The Bertz CT molecular complexity index is 383. The van der Waals surface area contributed by atoms with Gasteiger partial charge in [-0.2, -0.15) is 21.6 Å². The van der Waals surface area contributed by atoms with Gasteiger partial charge >= 0.3 is 15.6 Å². The predicted octanol–water partition coefficient (Wildman–Crippen LogP) is 2.14. The van der Waals surface area contributed by atoms with Gasteiger partial charge < -0.3 is 0 Å². The second-order valence-corrected chi connectivity index (χ2v) is 6.56. The van der Waals surface area contributed by atoms with E-state index in [4.69, 9.17) is 0 Å². The Morgan fingerprint density at radius 2 is 1.71 bits per heavy atom. The fraction of sp³-hybridized carbons (Fsp3) is 1.00. The second-order valence-electron chi connectivity index (χ2n) is 5.02. The van der Waals surface area contributed by atoms with Gasteiger partial charge in [0.25, 0.3) is 0 Å². The minimum atomic E-state index is -5.46. The molecule has 0 aromatic carbocycles. The summed E-state index contributed by atoms with van der Waals surface area (Å²) in [6.07, 6.45) is 4.27. The summed E-state index contributed by atoms with van der Waals surface area (Å²) in [5.41, 5.74) is -6.40. The lowest BCUT2D eigenvalue weighted by Crippen LogP contribution is -2.50. The third kappa shape index (κ3) is 2.62. The van der Waals surface area contributed by atoms with Crippen molar-refractivity contribution >= 4 is 17.4 Å². The van der Waals surface area contributed by atoms with Crippen molar-refractivity contribution in [3.8, 4) is 0 Å². The molecule has 0 N–H and O–H groups in total. The van der Waals surface area contributed by atoms with Gasteiger partial charge in [0.15, 0.2) is 7.28 Å². The van der Waals surface area contributed by atoms with Gasteiger partial charge in [-0.25, -0.2) is 0 Å². The van der Waals surface area contributed by atoms with Crippen LogP contribution in [0.15, 0.2) is 0 Å². The van der Waals surface area contributed by atoms with Crippen molar-refractivity contribution in [2.45, 2.75) is 55.4 Å². The van der Waals surface area contributed by atoms with Crippen LogP contribution in [0.3, 0.4) is 0 Å². The summed E-state index contributed by atoms with van der Waals surface area (Å²) in [4.78, 5) is 0. The zero-order chi connectivity index (χ0) is 12.7. The van der Waals surface area contributed by atoms with E-state index in [1.54, 1.807) is 0 Å². The highest BCUT2D eigenvalue weighted by atomic mass is 32.2. The Balaban J connectivity index is 2.17. The van der Waals surface area contributed by atoms with Crippen LogP contribution in [0.2, 0.25) is 5.82 Å². The molecule has 0 aliphatic carbocycles. The third-order valence-electron chi connectivity index (χ3n) is 3.72. The van der Waals surface area contributed by atoms with Crippen LogP contribution >= 0.6 is 0 Å². The van der Waals surface area contributed by atoms with E-state index in [-0.39, 0.29) is 0 Å². The van der Waals surface area contributed by atoms with Gasteiger partial charge in [0.05, 0.1) is 5.50 Å². The molecular formula is C9H14BF3O3S. The topological polar surface area (TPSA) is 43.4 Å². The van der Waals surface area contributed by atoms with Gasteiger partial charge in [-0.3, -0.25) is 4.18 Å². The van der Waals surface area contributed by atoms with E-state index in [9.17, 15) is 21.6 Å². The van der Waals surface area contributed by atoms with Crippen molar-refractivity contribution < 1.29 is 25.8 Å². The number of rotatable bonds is 2. The molecule has 0 aromatic rings. The van der Waals surface area contributed by atoms with E-state index in [0.717, 1.165) is 25.7 Å². The van der Waals surface area contributed by atoms with E-state index in [1.807, 2.05) is 0 Å². The first-order chi connectivity index (χ1) is 7.74. The molecule has 17 heavy (non-hydrogen) atoms. The van der Waals surface area contributed by atoms with Crippen LogP contribution in [0.4, 0.5) is 13.2 Å². The van der Waals surface area contributed by atoms with Gasteiger partial charge in [-0.05, 0) is 12.8 Å². The molecule has 0 unspecified atom stereocenters. The van der Waals surface area contributed by atoms with E-state index in [2.05, 4.69) is 4.18 Å². The zero-order valence-electron chi connectivity index (χ0n) is 9.29. The monoisotopic (exact) mass is 270 g/mol. The van der Waals surface area contributed by atoms with E-state index < -0.39 is 21.1 Å². The molecule has 3 nitrogen and oxygen atoms in total. The standard InChI is InChI=1S/C9H14BF3O3S/c11-9(12,13)17(14,15)16-8-5-1-3-7(10-8)4-2-6-8/h7,10H,1-6H2. The zero-order valence-corrected chi connectivity index (χ0v) is 10.1. The quantitative estimate of drug-likeness (QED) is 0.438. The molecule has 2 heterocycles. The first-order valence-electron chi connectivity index (χ1n) is 5.76. The molecule has 0 saturated carbocycles. The SMILES string of the molecule is O=S(=O)(OC12BC(CCC1)CCC2)C(F)(F)F. The summed E-state index contributed by atoms with van der Waals surface area (Å²) in [6, 6.07) is 0. The Kier molecular flexibility index (Phi) is 3.23. The third-order valence-corrected chi connectivity index (χ3v) is 4.86. The van der Waals surface area contributed by atoms with Crippen molar-refractivity contribution in [2.24, 2.45) is 0 Å². The maximum Gasteiger partial charge on any atom is 0.523 e. The highest BCUT2D eigenvalue weighted by Crippen LogP contribution is 2.44. The van der Waals surface area contributed by atoms with Crippen molar-refractivity contribution in [2.75, 3.05) is 0 Å². The normalized spacial score (nSPS) is 34.2. The van der Waals surface area contributed by atoms with E-state index in [1.165, 1.54) is 0 Å². The predicted molar refractivity (Wildman–Crippen MR) is 57.4 cm³/mol. The van der Waals surface area contributed by atoms with Gasteiger partial charge in [0.2, 0.25) is 0 Å². The summed E-state index contributed by atoms with van der Waals surface area (Å²) in [7, 11) is -5.01. The van der Waals surface area contributed by atoms with Crippen LogP contribution < -0.4 is 0 Å². The Hall–Kier alpha value is -0.235. The molecule has 0 spiro atoms. The van der Waals surface area contributed by atoms with Crippen molar-refractivity contribution in [3.05, 3.63) is 0 Å². The average Bonchev–Trinajstić information content (AvgIpc) is 2.14. The maximum atomic E-state index is 12.3. The molecule has 8 heteroatoms. The molecule has 2 saturated heterocycles. The fourth-order valence-corrected chi connectivity index (χ4v) is 3.82. The van der Waals surface area contributed by atoms with Crippen LogP contribution in [0.5, 0.6) is 0 Å². The van der Waals surface area contributed by atoms with Crippen LogP contribution in [0.25, 0.3) is 0 Å². The largest absolute Gasteiger partial charge is 0.523 e. The molecule has 2 aliphatic rings. The van der Waals surface area contributed by atoms with Gasteiger partial charge in [-0.1, -0.05) is 31.5 Å². The second kappa shape index (κ2) is 4.15. The highest BCUT2D eigenvalue weighted by Gasteiger charge is 2.53. The smallest absolute Gasteiger partial charge is 0.266 e. The van der Waals surface area contributed by atoms with Crippen LogP contribution in [-0.4, -0.2) is 26.7 Å². The Labute approximate surface area is 99.1 Å². The first-order valence-corrected chi connectivity index (χ1v) is 7.17. The molecule has 98 valence electrons. The van der Waals surface area contributed by atoms with Gasteiger partial charge in [0, 0.05) is 0 Å². The maximum absolute atomic E-state index is 12.3. The van der Waals surface area contributed by atoms with Crippen molar-refractivity contribution in [1.29, 1.82) is 0 Å². The summed E-state index contributed by atoms with van der Waals surface area (Å²) >= 11 is 0. The number of fused-ring (bicyclic) bond motifs is 2. The molecule has 0 amide bonds. The molecule has 2 aliphatic heterocycles. The van der Waals surface area contributed by atoms with Crippen LogP contribution in [0.1, 0.15) is 38.5 Å². The summed E-state index contributed by atoms with van der Waals surface area (Å²) in [5, 5.41) is 0. The Morgan fingerprint density at radius 1 is 1.18 bits per heavy atom. The lowest BCUT2D eigenvalue weighted by Gasteiger charge is -2.43. The van der Waals surface area contributed by atoms with Crippen LogP contribution in [-0.2, 0) is 14.3 Å². The molecule has 0 atom stereocenters. The number of hydrogen-bond acceptors (Lipinski definition) is 3. The minimum Gasteiger partial charge on any atom is -0.266 e. The Morgan fingerprint density at radius 3 is 2.18 bits per heavy atom. The molecule has 0 radical (unpaired) electrons. The van der Waals surface area contributed by atoms with E-state index in [0.29, 0.717) is 25.9 Å². The highest BCUT2D eigenvalue weighted by molar-refractivity contribution is 7.87. The van der Waals surface area contributed by atoms with Gasteiger partial charge in [-0.15, -0.1) is 0 Å². The molecular weight excluding hydrogens is 256 g/mol. The lowest BCUT2D eigenvalue weighted by atomic mass is 9.41. The first kappa shape index (κ1) is 13.2. The van der Waals surface area contributed by atoms with Crippen molar-refractivity contribution in [3.63, 3.8) is 0 Å². The fourth-order valence-electron chi connectivity index (χ4n) is 3.03. The molecule has 2 bridgehead atoms. The number of halogens is 3. The molecule has 2 rings (SSSR count).